The molecule has 0 spiro atoms. The van der Waals surface area contributed by atoms with Crippen molar-refractivity contribution in [1.82, 2.24) is 10.1 Å². The first kappa shape index (κ1) is 18.3. The number of likely N-dealkylation sites (tertiary alicyclic amines) is 1. The number of rotatable bonds is 7. The molecular formula is C19H25N3O4. The summed E-state index contributed by atoms with van der Waals surface area (Å²) in [6.45, 7) is 5.62. The Morgan fingerprint density at radius 3 is 2.85 bits per heavy atom. The van der Waals surface area contributed by atoms with Crippen molar-refractivity contribution in [3.8, 4) is 11.5 Å². The van der Waals surface area contributed by atoms with E-state index >= 15 is 0 Å². The Labute approximate surface area is 153 Å². The fraction of sp³-hybridized carbons (Fsp3) is 0.474. The number of nitrogens with zero attached hydrogens (tertiary/aromatic N) is 2. The Morgan fingerprint density at radius 1 is 1.38 bits per heavy atom. The van der Waals surface area contributed by atoms with E-state index in [1.54, 1.807) is 7.11 Å². The summed E-state index contributed by atoms with van der Waals surface area (Å²) in [6.07, 6.45) is 2.24. The summed E-state index contributed by atoms with van der Waals surface area (Å²) < 4.78 is 16.1. The lowest BCUT2D eigenvalue weighted by atomic mass is 10.0. The van der Waals surface area contributed by atoms with Crippen molar-refractivity contribution in [3.05, 3.63) is 40.8 Å². The average molecular weight is 359 g/mol. The van der Waals surface area contributed by atoms with Gasteiger partial charge >= 0.3 is 0 Å². The highest BCUT2D eigenvalue weighted by atomic mass is 16.5. The summed E-state index contributed by atoms with van der Waals surface area (Å²) in [4.78, 5) is 13.3. The van der Waals surface area contributed by atoms with Crippen molar-refractivity contribution in [1.29, 1.82) is 0 Å². The average Bonchev–Trinajstić information content (AvgIpc) is 3.19. The highest BCUT2D eigenvalue weighted by Gasteiger charge is 2.30. The number of carbonyl (C=O) groups excluding carboxylic acids is 1. The van der Waals surface area contributed by atoms with Crippen molar-refractivity contribution in [2.75, 3.05) is 20.3 Å². The number of methoxy groups -OCH3 is 1. The van der Waals surface area contributed by atoms with Crippen LogP contribution in [-0.4, -0.2) is 36.2 Å². The van der Waals surface area contributed by atoms with Crippen molar-refractivity contribution in [2.45, 2.75) is 39.3 Å². The van der Waals surface area contributed by atoms with Crippen LogP contribution < -0.4 is 15.2 Å². The Balaban J connectivity index is 1.76. The second-order valence-corrected chi connectivity index (χ2v) is 6.61. The van der Waals surface area contributed by atoms with E-state index in [4.69, 9.17) is 19.7 Å². The highest BCUT2D eigenvalue weighted by molar-refractivity contribution is 5.75. The lowest BCUT2D eigenvalue weighted by Crippen LogP contribution is -2.23. The maximum Gasteiger partial charge on any atom is 0.255 e. The molecule has 7 heteroatoms. The number of aryl methyl sites for hydroxylation is 2. The minimum atomic E-state index is -0.518. The van der Waals surface area contributed by atoms with E-state index in [2.05, 4.69) is 10.1 Å². The first-order valence-electron chi connectivity index (χ1n) is 8.74. The van der Waals surface area contributed by atoms with E-state index in [0.717, 1.165) is 42.9 Å². The number of carbonyl (C=O) groups is 1. The summed E-state index contributed by atoms with van der Waals surface area (Å²) in [7, 11) is 1.58. The molecule has 26 heavy (non-hydrogen) atoms. The molecule has 1 fully saturated rings. The lowest BCUT2D eigenvalue weighted by molar-refractivity contribution is -0.119. The normalized spacial score (nSPS) is 17.4. The number of primary amides is 1. The summed E-state index contributed by atoms with van der Waals surface area (Å²) in [6, 6.07) is 6.07. The number of ether oxygens (including phenoxy) is 2. The van der Waals surface area contributed by atoms with E-state index in [1.165, 1.54) is 5.56 Å². The summed E-state index contributed by atoms with van der Waals surface area (Å²) in [5.74, 6) is 1.48. The minimum absolute atomic E-state index is 0.171. The van der Waals surface area contributed by atoms with Gasteiger partial charge in [0.2, 0.25) is 0 Å². The number of amides is 1. The van der Waals surface area contributed by atoms with Gasteiger partial charge in [-0.1, -0.05) is 11.2 Å². The summed E-state index contributed by atoms with van der Waals surface area (Å²) in [5, 5.41) is 4.10. The Morgan fingerprint density at radius 2 is 2.19 bits per heavy atom. The first-order valence-corrected chi connectivity index (χ1v) is 8.74. The smallest absolute Gasteiger partial charge is 0.255 e. The number of benzene rings is 1. The number of nitrogens with two attached hydrogens (primary N) is 1. The second-order valence-electron chi connectivity index (χ2n) is 6.61. The van der Waals surface area contributed by atoms with Crippen molar-refractivity contribution >= 4 is 5.91 Å². The monoisotopic (exact) mass is 359 g/mol. The third-order valence-corrected chi connectivity index (χ3v) is 4.77. The van der Waals surface area contributed by atoms with Crippen LogP contribution in [0.15, 0.2) is 22.7 Å². The molecule has 0 saturated carbocycles. The zero-order valence-electron chi connectivity index (χ0n) is 15.4. The van der Waals surface area contributed by atoms with Crippen molar-refractivity contribution in [2.24, 2.45) is 5.73 Å². The molecule has 1 aromatic heterocycles. The van der Waals surface area contributed by atoms with Gasteiger partial charge in [0.05, 0.1) is 12.8 Å². The SMILES string of the molecule is COc1cc(CN2CCCC2c2c(C)noc2C)ccc1OCC(N)=O. The number of hydrogen-bond donors (Lipinski definition) is 1. The lowest BCUT2D eigenvalue weighted by Gasteiger charge is -2.25. The van der Waals surface area contributed by atoms with Crippen LogP contribution in [0.25, 0.3) is 0 Å². The maximum absolute atomic E-state index is 10.9. The van der Waals surface area contributed by atoms with E-state index < -0.39 is 5.91 Å². The van der Waals surface area contributed by atoms with Gasteiger partial charge in [-0.25, -0.2) is 0 Å². The van der Waals surface area contributed by atoms with Crippen molar-refractivity contribution in [3.63, 3.8) is 0 Å². The predicted molar refractivity (Wildman–Crippen MR) is 96.0 cm³/mol. The van der Waals surface area contributed by atoms with Crippen LogP contribution in [-0.2, 0) is 11.3 Å². The van der Waals surface area contributed by atoms with E-state index in [9.17, 15) is 4.79 Å². The van der Waals surface area contributed by atoms with Gasteiger partial charge in [-0.15, -0.1) is 0 Å². The Kier molecular flexibility index (Phi) is 5.46. The molecule has 7 nitrogen and oxygen atoms in total. The van der Waals surface area contributed by atoms with Gasteiger partial charge in [0.1, 0.15) is 5.76 Å². The quantitative estimate of drug-likeness (QED) is 0.817. The van der Waals surface area contributed by atoms with Crippen LogP contribution in [0.2, 0.25) is 0 Å². The molecule has 2 N–H and O–H groups in total. The second kappa shape index (κ2) is 7.78. The minimum Gasteiger partial charge on any atom is -0.493 e. The first-order chi connectivity index (χ1) is 12.5. The van der Waals surface area contributed by atoms with Crippen molar-refractivity contribution < 1.29 is 18.8 Å². The number of hydrogen-bond acceptors (Lipinski definition) is 6. The molecule has 1 amide bonds. The zero-order valence-corrected chi connectivity index (χ0v) is 15.4. The molecule has 3 rings (SSSR count). The van der Waals surface area contributed by atoms with Gasteiger partial charge in [0, 0.05) is 18.2 Å². The molecule has 1 atom stereocenters. The van der Waals surface area contributed by atoms with Crippen LogP contribution in [0.3, 0.4) is 0 Å². The predicted octanol–water partition coefficient (Wildman–Crippen LogP) is 2.50. The van der Waals surface area contributed by atoms with Gasteiger partial charge in [-0.3, -0.25) is 9.69 Å². The van der Waals surface area contributed by atoms with Gasteiger partial charge in [-0.05, 0) is 50.9 Å². The van der Waals surface area contributed by atoms with Gasteiger partial charge in [0.15, 0.2) is 18.1 Å². The van der Waals surface area contributed by atoms with Crippen LogP contribution in [0.1, 0.15) is 41.5 Å². The third-order valence-electron chi connectivity index (χ3n) is 4.77. The highest BCUT2D eigenvalue weighted by Crippen LogP contribution is 2.37. The van der Waals surface area contributed by atoms with Gasteiger partial charge in [-0.2, -0.15) is 0 Å². The van der Waals surface area contributed by atoms with Crippen LogP contribution in [0.5, 0.6) is 11.5 Å². The van der Waals surface area contributed by atoms with Gasteiger partial charge < -0.3 is 19.7 Å². The fourth-order valence-electron chi connectivity index (χ4n) is 3.62. The summed E-state index contributed by atoms with van der Waals surface area (Å²) >= 11 is 0. The topological polar surface area (TPSA) is 90.8 Å². The van der Waals surface area contributed by atoms with Crippen LogP contribution in [0, 0.1) is 13.8 Å². The van der Waals surface area contributed by atoms with E-state index in [0.29, 0.717) is 17.5 Å². The van der Waals surface area contributed by atoms with Gasteiger partial charge in [0.25, 0.3) is 5.91 Å². The van der Waals surface area contributed by atoms with Crippen LogP contribution >= 0.6 is 0 Å². The molecule has 140 valence electrons. The molecule has 1 saturated heterocycles. The standard InChI is InChI=1S/C19H25N3O4/c1-12-19(13(2)26-21-12)15-5-4-8-22(15)10-14-6-7-16(17(9-14)24-3)25-11-18(20)23/h6-7,9,15H,4-5,8,10-11H2,1-3H3,(H2,20,23). The third kappa shape index (κ3) is 3.83. The molecule has 1 aliphatic rings. The Hall–Kier alpha value is -2.54. The maximum atomic E-state index is 10.9. The molecule has 0 bridgehead atoms. The zero-order chi connectivity index (χ0) is 18.7. The molecule has 0 radical (unpaired) electrons. The molecule has 0 aliphatic carbocycles. The largest absolute Gasteiger partial charge is 0.493 e. The van der Waals surface area contributed by atoms with E-state index in [1.807, 2.05) is 32.0 Å². The molecular weight excluding hydrogens is 334 g/mol. The molecule has 1 aliphatic heterocycles. The molecule has 1 aromatic carbocycles. The summed E-state index contributed by atoms with van der Waals surface area (Å²) in [5.41, 5.74) is 8.42. The van der Waals surface area contributed by atoms with Crippen LogP contribution in [0.4, 0.5) is 0 Å². The molecule has 1 unspecified atom stereocenters. The Bertz CT molecular complexity index is 768. The molecule has 2 heterocycles. The number of aromatic nitrogens is 1. The molecule has 2 aromatic rings. The fourth-order valence-corrected chi connectivity index (χ4v) is 3.62. The van der Waals surface area contributed by atoms with E-state index in [-0.39, 0.29) is 6.61 Å².